The van der Waals surface area contributed by atoms with Crippen LogP contribution in [0.2, 0.25) is 0 Å². The molecule has 0 saturated carbocycles. The van der Waals surface area contributed by atoms with Gasteiger partial charge in [-0.3, -0.25) is 19.2 Å². The van der Waals surface area contributed by atoms with E-state index in [0.717, 1.165) is 12.8 Å². The van der Waals surface area contributed by atoms with E-state index in [1.807, 2.05) is 27.7 Å². The Morgan fingerprint density at radius 2 is 1.49 bits per heavy atom. The molecule has 0 aliphatic carbocycles. The summed E-state index contributed by atoms with van der Waals surface area (Å²) in [4.78, 5) is 49.1. The summed E-state index contributed by atoms with van der Waals surface area (Å²) < 4.78 is 21.1. The number of esters is 4. The maximum absolute atomic E-state index is 12.6. The highest BCUT2D eigenvalue weighted by molar-refractivity contribution is 5.81. The molecule has 1 aromatic rings. The number of hydrogen-bond donors (Lipinski definition) is 1. The first-order valence-electron chi connectivity index (χ1n) is 13.1. The van der Waals surface area contributed by atoms with Gasteiger partial charge in [0.05, 0.1) is 13.7 Å². The predicted octanol–water partition coefficient (Wildman–Crippen LogP) is 4.66. The molecule has 0 amide bonds. The summed E-state index contributed by atoms with van der Waals surface area (Å²) in [5.41, 5.74) is 5.49. The lowest BCUT2D eigenvalue weighted by atomic mass is 9.88. The lowest BCUT2D eigenvalue weighted by Crippen LogP contribution is -2.51. The fourth-order valence-electron chi connectivity index (χ4n) is 3.47. The van der Waals surface area contributed by atoms with Gasteiger partial charge in [-0.25, -0.2) is 0 Å². The van der Waals surface area contributed by atoms with Crippen LogP contribution in [0.3, 0.4) is 0 Å². The SMILES string of the molecule is CCCCC(=O)Oc1ccc(C[C@](N)(CCOC(=O)CCC(C)C)C(=O)OC)cc1OC(=O)CCCC. The maximum Gasteiger partial charge on any atom is 0.326 e. The minimum atomic E-state index is -1.49. The summed E-state index contributed by atoms with van der Waals surface area (Å²) in [6.45, 7) is 7.92. The normalized spacial score (nSPS) is 12.5. The topological polar surface area (TPSA) is 131 Å². The van der Waals surface area contributed by atoms with Gasteiger partial charge in [-0.05, 0) is 42.9 Å². The summed E-state index contributed by atoms with van der Waals surface area (Å²) in [6, 6.07) is 4.70. The summed E-state index contributed by atoms with van der Waals surface area (Å²) >= 11 is 0. The van der Waals surface area contributed by atoms with Gasteiger partial charge in [0.25, 0.3) is 0 Å². The molecule has 9 heteroatoms. The molecule has 0 saturated heterocycles. The van der Waals surface area contributed by atoms with Gasteiger partial charge in [0.15, 0.2) is 11.5 Å². The maximum atomic E-state index is 12.6. The molecule has 0 aliphatic rings. The molecule has 0 radical (unpaired) electrons. The molecule has 0 heterocycles. The summed E-state index contributed by atoms with van der Waals surface area (Å²) in [5, 5.41) is 0. The summed E-state index contributed by atoms with van der Waals surface area (Å²) in [5.74, 6) is -1.33. The van der Waals surface area contributed by atoms with Crippen LogP contribution in [0.25, 0.3) is 0 Å². The van der Waals surface area contributed by atoms with Gasteiger partial charge in [0.1, 0.15) is 5.54 Å². The molecule has 9 nitrogen and oxygen atoms in total. The summed E-state index contributed by atoms with van der Waals surface area (Å²) in [6.07, 6.45) is 4.52. The van der Waals surface area contributed by atoms with Crippen LogP contribution in [0.15, 0.2) is 18.2 Å². The number of rotatable bonds is 17. The van der Waals surface area contributed by atoms with Crippen LogP contribution < -0.4 is 15.2 Å². The molecular formula is C28H43NO8. The van der Waals surface area contributed by atoms with Crippen molar-refractivity contribution in [2.75, 3.05) is 13.7 Å². The lowest BCUT2D eigenvalue weighted by Gasteiger charge is -2.27. The van der Waals surface area contributed by atoms with Gasteiger partial charge in [0.2, 0.25) is 0 Å². The Morgan fingerprint density at radius 3 is 2.03 bits per heavy atom. The molecular weight excluding hydrogens is 478 g/mol. The van der Waals surface area contributed by atoms with Crippen LogP contribution in [0.5, 0.6) is 11.5 Å². The first-order valence-corrected chi connectivity index (χ1v) is 13.1. The first-order chi connectivity index (χ1) is 17.5. The average Bonchev–Trinajstić information content (AvgIpc) is 2.85. The molecule has 0 bridgehead atoms. The number of benzene rings is 1. The monoisotopic (exact) mass is 521 g/mol. The van der Waals surface area contributed by atoms with Crippen molar-refractivity contribution in [1.82, 2.24) is 0 Å². The molecule has 2 N–H and O–H groups in total. The van der Waals surface area contributed by atoms with Crippen LogP contribution >= 0.6 is 0 Å². The van der Waals surface area contributed by atoms with E-state index >= 15 is 0 Å². The first kappa shape index (κ1) is 32.1. The van der Waals surface area contributed by atoms with Gasteiger partial charge < -0.3 is 24.7 Å². The number of carbonyl (C=O) groups excluding carboxylic acids is 4. The standard InChI is InChI=1S/C28H43NO8/c1-6-8-10-25(31)36-22-14-13-21(18-23(22)37-26(32)11-9-7-2)19-28(29,27(33)34-5)16-17-35-24(30)15-12-20(3)4/h13-14,18,20H,6-12,15-17,19,29H2,1-5H3/t28-/m1/s1. The second-order valence-corrected chi connectivity index (χ2v) is 9.66. The van der Waals surface area contributed by atoms with E-state index in [9.17, 15) is 19.2 Å². The molecule has 0 unspecified atom stereocenters. The van der Waals surface area contributed by atoms with Crippen molar-refractivity contribution in [2.24, 2.45) is 11.7 Å². The quantitative estimate of drug-likeness (QED) is 0.230. The van der Waals surface area contributed by atoms with Crippen molar-refractivity contribution in [3.8, 4) is 11.5 Å². The van der Waals surface area contributed by atoms with Crippen molar-refractivity contribution in [1.29, 1.82) is 0 Å². The molecule has 0 fully saturated rings. The number of ether oxygens (including phenoxy) is 4. The fraction of sp³-hybridized carbons (Fsp3) is 0.643. The van der Waals surface area contributed by atoms with Crippen molar-refractivity contribution in [2.45, 2.75) is 97.4 Å². The minimum absolute atomic E-state index is 0.0206. The highest BCUT2D eigenvalue weighted by Crippen LogP contribution is 2.31. The molecule has 37 heavy (non-hydrogen) atoms. The second-order valence-electron chi connectivity index (χ2n) is 9.66. The van der Waals surface area contributed by atoms with E-state index in [1.54, 1.807) is 6.07 Å². The van der Waals surface area contributed by atoms with Gasteiger partial charge in [0, 0.05) is 32.1 Å². The Bertz CT molecular complexity index is 898. The molecule has 0 aromatic heterocycles. The smallest absolute Gasteiger partial charge is 0.326 e. The van der Waals surface area contributed by atoms with Gasteiger partial charge in [-0.2, -0.15) is 0 Å². The fourth-order valence-corrected chi connectivity index (χ4v) is 3.47. The van der Waals surface area contributed by atoms with E-state index in [4.69, 9.17) is 24.7 Å². The molecule has 1 rings (SSSR count). The van der Waals surface area contributed by atoms with E-state index in [1.165, 1.54) is 19.2 Å². The van der Waals surface area contributed by atoms with E-state index in [2.05, 4.69) is 0 Å². The second kappa shape index (κ2) is 16.7. The number of nitrogens with two attached hydrogens (primary N) is 1. The van der Waals surface area contributed by atoms with Crippen LogP contribution in [-0.2, 0) is 35.1 Å². The van der Waals surface area contributed by atoms with Crippen molar-refractivity contribution in [3.63, 3.8) is 0 Å². The van der Waals surface area contributed by atoms with E-state index in [0.29, 0.717) is 37.2 Å². The highest BCUT2D eigenvalue weighted by atomic mass is 16.6. The third kappa shape index (κ3) is 12.2. The van der Waals surface area contributed by atoms with E-state index < -0.39 is 23.4 Å². The largest absolute Gasteiger partial charge is 0.468 e. The zero-order valence-corrected chi connectivity index (χ0v) is 22.9. The molecule has 208 valence electrons. The molecule has 1 aromatic carbocycles. The molecule has 1 atom stereocenters. The van der Waals surface area contributed by atoms with Crippen molar-refractivity contribution < 1.29 is 38.1 Å². The number of methoxy groups -OCH3 is 1. The average molecular weight is 522 g/mol. The molecule has 0 spiro atoms. The highest BCUT2D eigenvalue weighted by Gasteiger charge is 2.36. The number of unbranched alkanes of at least 4 members (excludes halogenated alkanes) is 2. The Morgan fingerprint density at radius 1 is 0.892 bits per heavy atom. The van der Waals surface area contributed by atoms with Crippen LogP contribution in [0.1, 0.15) is 91.0 Å². The van der Waals surface area contributed by atoms with Crippen molar-refractivity contribution in [3.05, 3.63) is 23.8 Å². The zero-order valence-electron chi connectivity index (χ0n) is 22.9. The third-order valence-corrected chi connectivity index (χ3v) is 5.77. The van der Waals surface area contributed by atoms with Gasteiger partial charge in [-0.15, -0.1) is 0 Å². The van der Waals surface area contributed by atoms with Gasteiger partial charge >= 0.3 is 23.9 Å². The Kier molecular flexibility index (Phi) is 14.5. The predicted molar refractivity (Wildman–Crippen MR) is 139 cm³/mol. The molecule has 0 aliphatic heterocycles. The van der Waals surface area contributed by atoms with Crippen LogP contribution in [0.4, 0.5) is 0 Å². The third-order valence-electron chi connectivity index (χ3n) is 5.77. The Hall–Kier alpha value is -2.94. The van der Waals surface area contributed by atoms with Crippen molar-refractivity contribution >= 4 is 23.9 Å². The lowest BCUT2D eigenvalue weighted by molar-refractivity contribution is -0.151. The zero-order chi connectivity index (χ0) is 27.8. The number of hydrogen-bond acceptors (Lipinski definition) is 9. The minimum Gasteiger partial charge on any atom is -0.468 e. The van der Waals surface area contributed by atoms with Crippen LogP contribution in [0, 0.1) is 5.92 Å². The number of carbonyl (C=O) groups is 4. The van der Waals surface area contributed by atoms with Gasteiger partial charge in [-0.1, -0.05) is 46.6 Å². The Balaban J connectivity index is 3.07. The summed E-state index contributed by atoms with van der Waals surface area (Å²) in [7, 11) is 1.23. The van der Waals surface area contributed by atoms with E-state index in [-0.39, 0.29) is 49.8 Å². The van der Waals surface area contributed by atoms with Crippen LogP contribution in [-0.4, -0.2) is 43.1 Å². The Labute approximate surface area is 220 Å².